The number of fused-ring (bicyclic) bond motifs is 1. The van der Waals surface area contributed by atoms with Crippen molar-refractivity contribution < 1.29 is 23.5 Å². The molecule has 5 heteroatoms. The van der Waals surface area contributed by atoms with E-state index in [0.717, 1.165) is 11.0 Å². The molecule has 1 aromatic carbocycles. The Hall–Kier alpha value is -2.82. The SMILES string of the molecule is O=C(O)CCC(=O)c1cc(-c2cc3ccccc3o2)co1. The number of rotatable bonds is 5. The van der Waals surface area contributed by atoms with E-state index in [1.54, 1.807) is 6.07 Å². The van der Waals surface area contributed by atoms with Crippen LogP contribution in [0.4, 0.5) is 0 Å². The van der Waals surface area contributed by atoms with Crippen LogP contribution in [0.1, 0.15) is 23.4 Å². The molecule has 3 rings (SSSR count). The highest BCUT2D eigenvalue weighted by Crippen LogP contribution is 2.29. The van der Waals surface area contributed by atoms with Crippen LogP contribution in [0.15, 0.2) is 51.5 Å². The monoisotopic (exact) mass is 284 g/mol. The molecule has 0 aliphatic heterocycles. The van der Waals surface area contributed by atoms with Crippen LogP contribution >= 0.6 is 0 Å². The van der Waals surface area contributed by atoms with Gasteiger partial charge in [0.25, 0.3) is 0 Å². The van der Waals surface area contributed by atoms with Crippen molar-refractivity contribution in [3.05, 3.63) is 48.4 Å². The summed E-state index contributed by atoms with van der Waals surface area (Å²) in [7, 11) is 0. The molecule has 0 spiro atoms. The van der Waals surface area contributed by atoms with E-state index in [4.69, 9.17) is 13.9 Å². The summed E-state index contributed by atoms with van der Waals surface area (Å²) >= 11 is 0. The van der Waals surface area contributed by atoms with Gasteiger partial charge in [-0.3, -0.25) is 9.59 Å². The smallest absolute Gasteiger partial charge is 0.303 e. The van der Waals surface area contributed by atoms with Crippen molar-refractivity contribution >= 4 is 22.7 Å². The fourth-order valence-corrected chi connectivity index (χ4v) is 2.08. The van der Waals surface area contributed by atoms with Gasteiger partial charge in [-0.1, -0.05) is 18.2 Å². The third-order valence-corrected chi connectivity index (χ3v) is 3.15. The standard InChI is InChI=1S/C16H12O5/c17-12(5-6-16(18)19)15-8-11(9-20-15)14-7-10-3-1-2-4-13(10)21-14/h1-4,7-9H,5-6H2,(H,18,19). The van der Waals surface area contributed by atoms with Crippen LogP contribution in [-0.4, -0.2) is 16.9 Å². The number of carbonyl (C=O) groups excluding carboxylic acids is 1. The number of benzene rings is 1. The molecule has 0 aliphatic carbocycles. The number of furan rings is 2. The number of ketones is 1. The summed E-state index contributed by atoms with van der Waals surface area (Å²) in [5.74, 6) is -0.587. The molecular weight excluding hydrogens is 272 g/mol. The van der Waals surface area contributed by atoms with Crippen molar-refractivity contribution in [1.29, 1.82) is 0 Å². The van der Waals surface area contributed by atoms with Crippen molar-refractivity contribution in [2.75, 3.05) is 0 Å². The van der Waals surface area contributed by atoms with Gasteiger partial charge < -0.3 is 13.9 Å². The van der Waals surface area contributed by atoms with Gasteiger partial charge in [0.05, 0.1) is 12.0 Å². The summed E-state index contributed by atoms with van der Waals surface area (Å²) in [5.41, 5.74) is 1.41. The fourth-order valence-electron chi connectivity index (χ4n) is 2.08. The minimum atomic E-state index is -1.01. The maximum atomic E-state index is 11.8. The first-order valence-corrected chi connectivity index (χ1v) is 6.46. The number of Topliss-reactive ketones (excluding diaryl/α,β-unsaturated/α-hetero) is 1. The van der Waals surface area contributed by atoms with Gasteiger partial charge in [0.2, 0.25) is 0 Å². The predicted molar refractivity (Wildman–Crippen MR) is 75.1 cm³/mol. The number of para-hydroxylation sites is 1. The van der Waals surface area contributed by atoms with E-state index in [9.17, 15) is 9.59 Å². The van der Waals surface area contributed by atoms with Gasteiger partial charge in [0, 0.05) is 11.8 Å². The van der Waals surface area contributed by atoms with Crippen molar-refractivity contribution in [2.24, 2.45) is 0 Å². The number of hydrogen-bond donors (Lipinski definition) is 1. The van der Waals surface area contributed by atoms with Crippen molar-refractivity contribution in [1.82, 2.24) is 0 Å². The lowest BCUT2D eigenvalue weighted by molar-refractivity contribution is -0.136. The second-order valence-electron chi connectivity index (χ2n) is 4.67. The fraction of sp³-hybridized carbons (Fsp3) is 0.125. The van der Waals surface area contributed by atoms with Gasteiger partial charge in [-0.05, 0) is 18.2 Å². The molecule has 106 valence electrons. The first-order chi connectivity index (χ1) is 10.1. The molecule has 0 saturated carbocycles. The third-order valence-electron chi connectivity index (χ3n) is 3.15. The topological polar surface area (TPSA) is 80.6 Å². The first kappa shape index (κ1) is 13.2. The van der Waals surface area contributed by atoms with E-state index in [2.05, 4.69) is 0 Å². The molecule has 21 heavy (non-hydrogen) atoms. The zero-order valence-corrected chi connectivity index (χ0v) is 11.0. The highest BCUT2D eigenvalue weighted by molar-refractivity contribution is 5.96. The predicted octanol–water partition coefficient (Wildman–Crippen LogP) is 3.74. The lowest BCUT2D eigenvalue weighted by Crippen LogP contribution is -2.02. The van der Waals surface area contributed by atoms with E-state index in [1.807, 2.05) is 30.3 Å². The lowest BCUT2D eigenvalue weighted by atomic mass is 10.1. The Labute approximate surface area is 119 Å². The minimum absolute atomic E-state index is 0.0809. The first-order valence-electron chi connectivity index (χ1n) is 6.46. The van der Waals surface area contributed by atoms with Gasteiger partial charge >= 0.3 is 5.97 Å². The molecule has 1 N–H and O–H groups in total. The highest BCUT2D eigenvalue weighted by Gasteiger charge is 2.15. The Morgan fingerprint density at radius 1 is 1.10 bits per heavy atom. The van der Waals surface area contributed by atoms with Crippen molar-refractivity contribution in [3.63, 3.8) is 0 Å². The molecule has 0 radical (unpaired) electrons. The largest absolute Gasteiger partial charge is 0.481 e. The van der Waals surface area contributed by atoms with E-state index in [1.165, 1.54) is 6.26 Å². The summed E-state index contributed by atoms with van der Waals surface area (Å²) in [5, 5.41) is 9.54. The van der Waals surface area contributed by atoms with Gasteiger partial charge in [-0.25, -0.2) is 0 Å². The Kier molecular flexibility index (Phi) is 3.31. The van der Waals surface area contributed by atoms with Crippen LogP contribution in [0, 0.1) is 0 Å². The Morgan fingerprint density at radius 3 is 2.67 bits per heavy atom. The van der Waals surface area contributed by atoms with Crippen molar-refractivity contribution in [3.8, 4) is 11.3 Å². The zero-order chi connectivity index (χ0) is 14.8. The van der Waals surface area contributed by atoms with E-state index in [0.29, 0.717) is 11.3 Å². The molecule has 0 unspecified atom stereocenters. The number of hydrogen-bond acceptors (Lipinski definition) is 4. The molecule has 0 amide bonds. The number of carboxylic acid groups (broad SMARTS) is 1. The van der Waals surface area contributed by atoms with Gasteiger partial charge in [-0.2, -0.15) is 0 Å². The van der Waals surface area contributed by atoms with E-state index >= 15 is 0 Å². The Bertz CT molecular complexity index is 776. The molecule has 2 aromatic heterocycles. The molecule has 5 nitrogen and oxygen atoms in total. The van der Waals surface area contributed by atoms with Crippen LogP contribution in [0.3, 0.4) is 0 Å². The number of carbonyl (C=O) groups is 2. The zero-order valence-electron chi connectivity index (χ0n) is 11.0. The van der Waals surface area contributed by atoms with Crippen LogP contribution in [0.25, 0.3) is 22.3 Å². The van der Waals surface area contributed by atoms with Crippen LogP contribution < -0.4 is 0 Å². The molecule has 0 atom stereocenters. The minimum Gasteiger partial charge on any atom is -0.481 e. The third kappa shape index (κ3) is 2.72. The summed E-state index contributed by atoms with van der Waals surface area (Å²) in [6.07, 6.45) is 1.15. The maximum absolute atomic E-state index is 11.8. The quantitative estimate of drug-likeness (QED) is 0.722. The Morgan fingerprint density at radius 2 is 1.90 bits per heavy atom. The van der Waals surface area contributed by atoms with Gasteiger partial charge in [-0.15, -0.1) is 0 Å². The van der Waals surface area contributed by atoms with Crippen LogP contribution in [0.5, 0.6) is 0 Å². The summed E-state index contributed by atoms with van der Waals surface area (Å²) < 4.78 is 10.9. The average molecular weight is 284 g/mol. The maximum Gasteiger partial charge on any atom is 0.303 e. The summed E-state index contributed by atoms with van der Waals surface area (Å²) in [6, 6.07) is 11.0. The molecular formula is C16H12O5. The summed E-state index contributed by atoms with van der Waals surface area (Å²) in [4.78, 5) is 22.2. The molecule has 0 fully saturated rings. The van der Waals surface area contributed by atoms with Crippen molar-refractivity contribution in [2.45, 2.75) is 12.8 Å². The average Bonchev–Trinajstić information content (AvgIpc) is 3.10. The van der Waals surface area contributed by atoms with E-state index in [-0.39, 0.29) is 24.4 Å². The highest BCUT2D eigenvalue weighted by atomic mass is 16.4. The molecule has 2 heterocycles. The second-order valence-corrected chi connectivity index (χ2v) is 4.67. The molecule has 0 saturated heterocycles. The summed E-state index contributed by atoms with van der Waals surface area (Å²) in [6.45, 7) is 0. The Balaban J connectivity index is 1.84. The van der Waals surface area contributed by atoms with Gasteiger partial charge in [0.1, 0.15) is 17.6 Å². The lowest BCUT2D eigenvalue weighted by Gasteiger charge is -1.92. The van der Waals surface area contributed by atoms with Crippen LogP contribution in [0.2, 0.25) is 0 Å². The molecule has 3 aromatic rings. The van der Waals surface area contributed by atoms with E-state index < -0.39 is 5.97 Å². The second kappa shape index (κ2) is 5.28. The van der Waals surface area contributed by atoms with Gasteiger partial charge in [0.15, 0.2) is 11.5 Å². The van der Waals surface area contributed by atoms with Crippen LogP contribution in [-0.2, 0) is 4.79 Å². The molecule has 0 bridgehead atoms. The number of aliphatic carboxylic acids is 1. The molecule has 0 aliphatic rings. The normalized spacial score (nSPS) is 10.9. The number of carboxylic acids is 1.